The lowest BCUT2D eigenvalue weighted by Crippen LogP contribution is -2.36. The molecule has 3 rings (SSSR count). The van der Waals surface area contributed by atoms with E-state index in [4.69, 9.17) is 10.5 Å². The minimum absolute atomic E-state index is 0.0754. The molecule has 1 saturated carbocycles. The SMILES string of the molecule is Cc1ccc(N2CCOCC2)cc1NC(=O)[C@@H]1C[C@H]1C(C)N. The second-order valence-electron chi connectivity index (χ2n) is 6.45. The Morgan fingerprint density at radius 1 is 1.41 bits per heavy atom. The van der Waals surface area contributed by atoms with Crippen molar-refractivity contribution in [1.29, 1.82) is 0 Å². The van der Waals surface area contributed by atoms with Crippen molar-refractivity contribution in [3.05, 3.63) is 23.8 Å². The van der Waals surface area contributed by atoms with Crippen LogP contribution < -0.4 is 16.0 Å². The third-order valence-electron chi connectivity index (χ3n) is 4.71. The summed E-state index contributed by atoms with van der Waals surface area (Å²) in [6.07, 6.45) is 0.908. The molecule has 1 amide bonds. The van der Waals surface area contributed by atoms with E-state index in [9.17, 15) is 4.79 Å². The summed E-state index contributed by atoms with van der Waals surface area (Å²) in [7, 11) is 0. The maximum atomic E-state index is 12.3. The van der Waals surface area contributed by atoms with Crippen molar-refractivity contribution >= 4 is 17.3 Å². The average molecular weight is 303 g/mol. The lowest BCUT2D eigenvalue weighted by Gasteiger charge is -2.29. The van der Waals surface area contributed by atoms with Gasteiger partial charge >= 0.3 is 0 Å². The topological polar surface area (TPSA) is 67.6 Å². The van der Waals surface area contributed by atoms with E-state index in [0.29, 0.717) is 5.92 Å². The van der Waals surface area contributed by atoms with Crippen molar-refractivity contribution in [2.24, 2.45) is 17.6 Å². The van der Waals surface area contributed by atoms with Crippen LogP contribution >= 0.6 is 0 Å². The van der Waals surface area contributed by atoms with Crippen LogP contribution in [0.15, 0.2) is 18.2 Å². The van der Waals surface area contributed by atoms with Crippen LogP contribution in [0.5, 0.6) is 0 Å². The average Bonchev–Trinajstić information content (AvgIpc) is 3.31. The Bertz CT molecular complexity index is 553. The number of ether oxygens (including phenoxy) is 1. The zero-order chi connectivity index (χ0) is 15.7. The largest absolute Gasteiger partial charge is 0.378 e. The van der Waals surface area contributed by atoms with Crippen molar-refractivity contribution in [1.82, 2.24) is 0 Å². The molecule has 1 aromatic carbocycles. The summed E-state index contributed by atoms with van der Waals surface area (Å²) in [6, 6.07) is 6.34. The molecule has 0 radical (unpaired) electrons. The Morgan fingerprint density at radius 3 is 2.77 bits per heavy atom. The summed E-state index contributed by atoms with van der Waals surface area (Å²) >= 11 is 0. The van der Waals surface area contributed by atoms with Gasteiger partial charge in [0.25, 0.3) is 0 Å². The van der Waals surface area contributed by atoms with E-state index in [0.717, 1.165) is 49.7 Å². The van der Waals surface area contributed by atoms with Gasteiger partial charge < -0.3 is 20.7 Å². The van der Waals surface area contributed by atoms with E-state index in [1.165, 1.54) is 0 Å². The number of nitrogens with two attached hydrogens (primary N) is 1. The van der Waals surface area contributed by atoms with Crippen molar-refractivity contribution in [2.45, 2.75) is 26.3 Å². The Labute approximate surface area is 131 Å². The number of hydrogen-bond donors (Lipinski definition) is 2. The second kappa shape index (κ2) is 6.26. The molecule has 22 heavy (non-hydrogen) atoms. The fourth-order valence-corrected chi connectivity index (χ4v) is 3.09. The van der Waals surface area contributed by atoms with E-state index < -0.39 is 0 Å². The molecular weight excluding hydrogens is 278 g/mol. The van der Waals surface area contributed by atoms with Crippen molar-refractivity contribution < 1.29 is 9.53 Å². The maximum absolute atomic E-state index is 12.3. The van der Waals surface area contributed by atoms with E-state index in [1.54, 1.807) is 0 Å². The van der Waals surface area contributed by atoms with Gasteiger partial charge in [0, 0.05) is 36.4 Å². The Morgan fingerprint density at radius 2 is 2.14 bits per heavy atom. The van der Waals surface area contributed by atoms with E-state index >= 15 is 0 Å². The zero-order valence-electron chi connectivity index (χ0n) is 13.3. The summed E-state index contributed by atoms with van der Waals surface area (Å²) in [5, 5.41) is 3.08. The molecule has 5 heteroatoms. The first-order valence-corrected chi connectivity index (χ1v) is 8.06. The molecule has 3 atom stereocenters. The van der Waals surface area contributed by atoms with Crippen LogP contribution in [0.1, 0.15) is 18.9 Å². The summed E-state index contributed by atoms with van der Waals surface area (Å²) < 4.78 is 5.39. The monoisotopic (exact) mass is 303 g/mol. The first kappa shape index (κ1) is 15.3. The van der Waals surface area contributed by atoms with Gasteiger partial charge in [-0.1, -0.05) is 6.07 Å². The molecule has 2 aliphatic rings. The number of aryl methyl sites for hydroxylation is 1. The molecule has 1 unspecified atom stereocenters. The highest BCUT2D eigenvalue weighted by Gasteiger charge is 2.45. The third kappa shape index (κ3) is 3.25. The summed E-state index contributed by atoms with van der Waals surface area (Å²) in [5.74, 6) is 0.513. The fourth-order valence-electron chi connectivity index (χ4n) is 3.09. The summed E-state index contributed by atoms with van der Waals surface area (Å²) in [5.41, 5.74) is 9.01. The van der Waals surface area contributed by atoms with Gasteiger partial charge in [-0.25, -0.2) is 0 Å². The number of benzene rings is 1. The second-order valence-corrected chi connectivity index (χ2v) is 6.45. The highest BCUT2D eigenvalue weighted by atomic mass is 16.5. The number of morpholine rings is 1. The quantitative estimate of drug-likeness (QED) is 0.889. The molecule has 1 aliphatic heterocycles. The molecule has 0 bridgehead atoms. The fraction of sp³-hybridized carbons (Fsp3) is 0.588. The lowest BCUT2D eigenvalue weighted by molar-refractivity contribution is -0.117. The molecule has 5 nitrogen and oxygen atoms in total. The molecule has 1 heterocycles. The number of rotatable bonds is 4. The minimum Gasteiger partial charge on any atom is -0.378 e. The first-order valence-electron chi connectivity index (χ1n) is 8.06. The van der Waals surface area contributed by atoms with Gasteiger partial charge in [0.15, 0.2) is 0 Å². The number of hydrogen-bond acceptors (Lipinski definition) is 4. The van der Waals surface area contributed by atoms with Gasteiger partial charge in [-0.3, -0.25) is 4.79 Å². The van der Waals surface area contributed by atoms with Gasteiger partial charge in [0.1, 0.15) is 0 Å². The highest BCUT2D eigenvalue weighted by molar-refractivity contribution is 5.95. The van der Waals surface area contributed by atoms with Crippen molar-refractivity contribution in [2.75, 3.05) is 36.5 Å². The predicted molar refractivity (Wildman–Crippen MR) is 88.1 cm³/mol. The molecule has 3 N–H and O–H groups in total. The van der Waals surface area contributed by atoms with Gasteiger partial charge in [0.2, 0.25) is 5.91 Å². The molecule has 1 saturated heterocycles. The number of carbonyl (C=O) groups is 1. The zero-order valence-corrected chi connectivity index (χ0v) is 13.3. The van der Waals surface area contributed by atoms with Crippen LogP contribution in [-0.4, -0.2) is 38.3 Å². The van der Waals surface area contributed by atoms with Crippen LogP contribution in [0.2, 0.25) is 0 Å². The van der Waals surface area contributed by atoms with Crippen LogP contribution in [0, 0.1) is 18.8 Å². The third-order valence-corrected chi connectivity index (χ3v) is 4.71. The molecular formula is C17H25N3O2. The molecule has 120 valence electrons. The number of nitrogens with one attached hydrogen (secondary N) is 1. The Kier molecular flexibility index (Phi) is 4.36. The van der Waals surface area contributed by atoms with Crippen molar-refractivity contribution in [3.63, 3.8) is 0 Å². The first-order chi connectivity index (χ1) is 10.6. The van der Waals surface area contributed by atoms with E-state index in [1.807, 2.05) is 13.8 Å². The smallest absolute Gasteiger partial charge is 0.227 e. The van der Waals surface area contributed by atoms with Gasteiger partial charge in [-0.15, -0.1) is 0 Å². The Balaban J connectivity index is 1.69. The normalized spacial score (nSPS) is 25.7. The standard InChI is InChI=1S/C17H25N3O2/c1-11-3-4-13(20-5-7-22-8-6-20)9-16(11)19-17(21)15-10-14(15)12(2)18/h3-4,9,12,14-15H,5-8,10,18H2,1-2H3,(H,19,21)/t12?,14-,15+/m0/s1. The van der Waals surface area contributed by atoms with Crippen LogP contribution in [-0.2, 0) is 9.53 Å². The van der Waals surface area contributed by atoms with Crippen LogP contribution in [0.4, 0.5) is 11.4 Å². The van der Waals surface area contributed by atoms with E-state index in [-0.39, 0.29) is 17.9 Å². The number of amides is 1. The molecule has 1 aliphatic carbocycles. The molecule has 0 aromatic heterocycles. The number of carbonyl (C=O) groups excluding carboxylic acids is 1. The van der Waals surface area contributed by atoms with E-state index in [2.05, 4.69) is 28.4 Å². The van der Waals surface area contributed by atoms with Crippen molar-refractivity contribution in [3.8, 4) is 0 Å². The Hall–Kier alpha value is -1.59. The van der Waals surface area contributed by atoms with Crippen LogP contribution in [0.3, 0.4) is 0 Å². The molecule has 0 spiro atoms. The maximum Gasteiger partial charge on any atom is 0.227 e. The highest BCUT2D eigenvalue weighted by Crippen LogP contribution is 2.41. The van der Waals surface area contributed by atoms with Gasteiger partial charge in [0.05, 0.1) is 13.2 Å². The summed E-state index contributed by atoms with van der Waals surface area (Å²) in [4.78, 5) is 14.6. The number of anilines is 2. The molecule has 2 fully saturated rings. The van der Waals surface area contributed by atoms with Gasteiger partial charge in [-0.2, -0.15) is 0 Å². The van der Waals surface area contributed by atoms with Gasteiger partial charge in [-0.05, 0) is 43.9 Å². The number of nitrogens with zero attached hydrogens (tertiary/aromatic N) is 1. The predicted octanol–water partition coefficient (Wildman–Crippen LogP) is 1.75. The lowest BCUT2D eigenvalue weighted by atomic mass is 10.1. The van der Waals surface area contributed by atoms with Crippen LogP contribution in [0.25, 0.3) is 0 Å². The minimum atomic E-state index is 0.0754. The molecule has 1 aromatic rings. The summed E-state index contributed by atoms with van der Waals surface area (Å²) in [6.45, 7) is 7.30.